The lowest BCUT2D eigenvalue weighted by atomic mass is 10.00. The van der Waals surface area contributed by atoms with Crippen LogP contribution in [0.1, 0.15) is 56.5 Å². The molecule has 0 fully saturated rings. The van der Waals surface area contributed by atoms with Crippen molar-refractivity contribution < 1.29 is 27.5 Å². The van der Waals surface area contributed by atoms with Crippen molar-refractivity contribution in [1.29, 1.82) is 0 Å². The standard InChI is InChI=1S/C25H30N4O6S2/c1-6-7-9-18-19(10-8-11-20(18)34-5)21(30)26-23-28-27-22(36-23)16-12-14-17(15-13-16)37(32,33)29-24(31)35-25(2,3)4/h8,10-15H,6-7,9H2,1-5H3,(H,29,31)(H,26,28,30). The maximum atomic E-state index is 13.0. The Hall–Kier alpha value is -3.51. The number of sulfonamides is 1. The van der Waals surface area contributed by atoms with Gasteiger partial charge in [-0.2, -0.15) is 0 Å². The molecule has 2 amide bonds. The molecule has 0 aliphatic heterocycles. The van der Waals surface area contributed by atoms with Gasteiger partial charge >= 0.3 is 6.09 Å². The van der Waals surface area contributed by atoms with E-state index in [4.69, 9.17) is 9.47 Å². The summed E-state index contributed by atoms with van der Waals surface area (Å²) in [5.74, 6) is 0.345. The summed E-state index contributed by atoms with van der Waals surface area (Å²) in [4.78, 5) is 24.8. The number of rotatable bonds is 9. The fraction of sp³-hybridized carbons (Fsp3) is 0.360. The first-order chi connectivity index (χ1) is 17.4. The second-order valence-electron chi connectivity index (χ2n) is 9.09. The van der Waals surface area contributed by atoms with Gasteiger partial charge in [-0.15, -0.1) is 10.2 Å². The summed E-state index contributed by atoms with van der Waals surface area (Å²) in [5, 5.41) is 11.7. The highest BCUT2D eigenvalue weighted by molar-refractivity contribution is 7.90. The summed E-state index contributed by atoms with van der Waals surface area (Å²) in [7, 11) is -2.54. The molecular weight excluding hydrogens is 516 g/mol. The van der Waals surface area contributed by atoms with Gasteiger partial charge in [0.1, 0.15) is 16.4 Å². The molecule has 1 aromatic heterocycles. The number of aromatic nitrogens is 2. The second-order valence-corrected chi connectivity index (χ2v) is 11.7. The molecule has 198 valence electrons. The van der Waals surface area contributed by atoms with Crippen LogP contribution in [0.5, 0.6) is 5.75 Å². The van der Waals surface area contributed by atoms with E-state index in [1.807, 2.05) is 10.8 Å². The Morgan fingerprint density at radius 1 is 1.05 bits per heavy atom. The minimum absolute atomic E-state index is 0.113. The first-order valence-electron chi connectivity index (χ1n) is 11.6. The van der Waals surface area contributed by atoms with Gasteiger partial charge in [0.05, 0.1) is 12.0 Å². The highest BCUT2D eigenvalue weighted by Gasteiger charge is 2.23. The van der Waals surface area contributed by atoms with Crippen molar-refractivity contribution in [3.63, 3.8) is 0 Å². The van der Waals surface area contributed by atoms with Gasteiger partial charge in [0.15, 0.2) is 0 Å². The lowest BCUT2D eigenvalue weighted by molar-refractivity contribution is 0.0570. The Kier molecular flexibility index (Phi) is 8.87. The number of benzene rings is 2. The van der Waals surface area contributed by atoms with E-state index in [1.54, 1.807) is 52.1 Å². The summed E-state index contributed by atoms with van der Waals surface area (Å²) in [6.07, 6.45) is 1.55. The molecule has 0 aliphatic carbocycles. The van der Waals surface area contributed by atoms with Gasteiger partial charge in [-0.05, 0) is 57.9 Å². The van der Waals surface area contributed by atoms with Crippen LogP contribution in [0.3, 0.4) is 0 Å². The minimum atomic E-state index is -4.11. The van der Waals surface area contributed by atoms with Gasteiger partial charge in [-0.25, -0.2) is 17.9 Å². The van der Waals surface area contributed by atoms with Crippen molar-refractivity contribution in [2.24, 2.45) is 0 Å². The zero-order chi connectivity index (χ0) is 27.2. The summed E-state index contributed by atoms with van der Waals surface area (Å²) in [6, 6.07) is 11.1. The van der Waals surface area contributed by atoms with E-state index < -0.39 is 21.7 Å². The predicted octanol–water partition coefficient (Wildman–Crippen LogP) is 5.02. The molecule has 0 saturated carbocycles. The number of hydrogen-bond acceptors (Lipinski definition) is 9. The molecule has 2 N–H and O–H groups in total. The van der Waals surface area contributed by atoms with E-state index in [9.17, 15) is 18.0 Å². The number of unbranched alkanes of at least 4 members (excludes halogenated alkanes) is 1. The predicted molar refractivity (Wildman–Crippen MR) is 141 cm³/mol. The summed E-state index contributed by atoms with van der Waals surface area (Å²) in [5.41, 5.74) is 1.11. The van der Waals surface area contributed by atoms with Gasteiger partial charge in [-0.1, -0.05) is 42.9 Å². The molecule has 1 heterocycles. The van der Waals surface area contributed by atoms with Crippen LogP contribution in [0.25, 0.3) is 10.6 Å². The first-order valence-corrected chi connectivity index (χ1v) is 13.9. The van der Waals surface area contributed by atoms with Crippen LogP contribution < -0.4 is 14.8 Å². The number of carbonyl (C=O) groups excluding carboxylic acids is 2. The number of methoxy groups -OCH3 is 1. The maximum Gasteiger partial charge on any atom is 0.421 e. The second kappa shape index (κ2) is 11.7. The highest BCUT2D eigenvalue weighted by Crippen LogP contribution is 2.29. The van der Waals surface area contributed by atoms with Crippen molar-refractivity contribution in [3.8, 4) is 16.3 Å². The average Bonchev–Trinajstić information content (AvgIpc) is 3.29. The smallest absolute Gasteiger partial charge is 0.421 e. The molecule has 0 saturated heterocycles. The van der Waals surface area contributed by atoms with Crippen LogP contribution >= 0.6 is 11.3 Å². The van der Waals surface area contributed by atoms with E-state index in [0.717, 1.165) is 29.7 Å². The molecule has 0 aliphatic rings. The van der Waals surface area contributed by atoms with Gasteiger partial charge in [0.25, 0.3) is 15.9 Å². The minimum Gasteiger partial charge on any atom is -0.496 e. The maximum absolute atomic E-state index is 13.0. The molecule has 3 rings (SSSR count). The van der Waals surface area contributed by atoms with Crippen molar-refractivity contribution >= 4 is 38.5 Å². The lowest BCUT2D eigenvalue weighted by Gasteiger charge is -2.19. The van der Waals surface area contributed by atoms with Crippen LogP contribution in [0.15, 0.2) is 47.4 Å². The molecule has 12 heteroatoms. The van der Waals surface area contributed by atoms with E-state index in [-0.39, 0.29) is 10.8 Å². The fourth-order valence-electron chi connectivity index (χ4n) is 3.38. The molecule has 37 heavy (non-hydrogen) atoms. The Labute approximate surface area is 220 Å². The Balaban J connectivity index is 1.73. The third-order valence-corrected chi connectivity index (χ3v) is 7.27. The fourth-order valence-corrected chi connectivity index (χ4v) is 5.00. The third-order valence-electron chi connectivity index (χ3n) is 5.05. The van der Waals surface area contributed by atoms with Crippen LogP contribution in [0, 0.1) is 0 Å². The molecule has 0 spiro atoms. The zero-order valence-corrected chi connectivity index (χ0v) is 23.0. The van der Waals surface area contributed by atoms with E-state index in [0.29, 0.717) is 33.4 Å². The summed E-state index contributed by atoms with van der Waals surface area (Å²) >= 11 is 1.15. The molecule has 3 aromatic rings. The number of hydrogen-bond donors (Lipinski definition) is 2. The van der Waals surface area contributed by atoms with Crippen molar-refractivity contribution in [3.05, 3.63) is 53.6 Å². The normalized spacial score (nSPS) is 11.6. The Morgan fingerprint density at radius 3 is 2.38 bits per heavy atom. The molecule has 0 unspecified atom stereocenters. The monoisotopic (exact) mass is 546 g/mol. The summed E-state index contributed by atoms with van der Waals surface area (Å²) < 4.78 is 37.3. The topological polar surface area (TPSA) is 137 Å². The number of amides is 2. The largest absolute Gasteiger partial charge is 0.496 e. The van der Waals surface area contributed by atoms with Crippen LogP contribution in [-0.2, 0) is 21.2 Å². The average molecular weight is 547 g/mol. The van der Waals surface area contributed by atoms with Crippen molar-refractivity contribution in [2.45, 2.75) is 57.5 Å². The molecule has 0 bridgehead atoms. The number of nitrogens with zero attached hydrogens (tertiary/aromatic N) is 2. The SMILES string of the molecule is CCCCc1c(OC)cccc1C(=O)Nc1nnc(-c2ccc(S(=O)(=O)NC(=O)OC(C)(C)C)cc2)s1. The van der Waals surface area contributed by atoms with Crippen LogP contribution in [0.4, 0.5) is 9.93 Å². The quantitative estimate of drug-likeness (QED) is 0.382. The zero-order valence-electron chi connectivity index (χ0n) is 21.3. The van der Waals surface area contributed by atoms with Crippen LogP contribution in [0.2, 0.25) is 0 Å². The Bertz CT molecular complexity index is 1360. The first kappa shape index (κ1) is 28.1. The molecule has 0 atom stereocenters. The molecule has 0 radical (unpaired) electrons. The van der Waals surface area contributed by atoms with Crippen molar-refractivity contribution in [2.75, 3.05) is 12.4 Å². The van der Waals surface area contributed by atoms with Crippen LogP contribution in [-0.4, -0.2) is 43.3 Å². The number of anilines is 1. The summed E-state index contributed by atoms with van der Waals surface area (Å²) in [6.45, 7) is 6.98. The van der Waals surface area contributed by atoms with Crippen molar-refractivity contribution in [1.82, 2.24) is 14.9 Å². The lowest BCUT2D eigenvalue weighted by Crippen LogP contribution is -2.36. The van der Waals surface area contributed by atoms with E-state index >= 15 is 0 Å². The van der Waals surface area contributed by atoms with E-state index in [1.165, 1.54) is 12.1 Å². The number of ether oxygens (including phenoxy) is 2. The van der Waals surface area contributed by atoms with Gasteiger partial charge in [0, 0.05) is 16.7 Å². The molecule has 2 aromatic carbocycles. The molecule has 10 nitrogen and oxygen atoms in total. The highest BCUT2D eigenvalue weighted by atomic mass is 32.2. The van der Waals surface area contributed by atoms with Gasteiger partial charge in [0.2, 0.25) is 5.13 Å². The number of carbonyl (C=O) groups is 2. The third kappa shape index (κ3) is 7.49. The number of nitrogens with one attached hydrogen (secondary N) is 2. The molecular formula is C25H30N4O6S2. The van der Waals surface area contributed by atoms with Gasteiger partial charge < -0.3 is 9.47 Å². The Morgan fingerprint density at radius 2 is 1.76 bits per heavy atom. The van der Waals surface area contributed by atoms with Gasteiger partial charge in [-0.3, -0.25) is 10.1 Å². The van der Waals surface area contributed by atoms with E-state index in [2.05, 4.69) is 22.4 Å².